The molecule has 58 heavy (non-hydrogen) atoms. The summed E-state index contributed by atoms with van der Waals surface area (Å²) in [5.41, 5.74) is -0.440. The van der Waals surface area contributed by atoms with Crippen molar-refractivity contribution in [3.8, 4) is 17.2 Å². The van der Waals surface area contributed by atoms with Gasteiger partial charge >= 0.3 is 7.32 Å². The number of hydrogen-bond donors (Lipinski definition) is 1. The van der Waals surface area contributed by atoms with Crippen molar-refractivity contribution in [1.29, 1.82) is 0 Å². The highest BCUT2D eigenvalue weighted by Crippen LogP contribution is 2.31. The molecule has 0 fully saturated rings. The van der Waals surface area contributed by atoms with Crippen molar-refractivity contribution in [2.45, 2.75) is 97.3 Å². The number of quaternary nitrogens is 1. The zero-order chi connectivity index (χ0) is 42.8. The van der Waals surface area contributed by atoms with Gasteiger partial charge in [-0.1, -0.05) is 78.1 Å². The summed E-state index contributed by atoms with van der Waals surface area (Å²) in [5.74, 6) is -21.5. The Morgan fingerprint density at radius 1 is 0.431 bits per heavy atom. The van der Waals surface area contributed by atoms with Crippen LogP contribution in [-0.4, -0.2) is 20.4 Å². The molecule has 4 aromatic carbocycles. The van der Waals surface area contributed by atoms with Gasteiger partial charge in [0, 0.05) is 42.0 Å². The molecular formula is C41H44BF12NO3. The molecule has 318 valence electrons. The number of nitrogens with one attached hydrogen (secondary N) is 1. The van der Waals surface area contributed by atoms with Crippen LogP contribution in [0.3, 0.4) is 0 Å². The minimum Gasteiger partial charge on any atom is -0.489 e. The zero-order valence-electron chi connectivity index (χ0n) is 32.0. The molecule has 1 unspecified atom stereocenters. The highest BCUT2D eigenvalue weighted by Gasteiger charge is 2.37. The van der Waals surface area contributed by atoms with Gasteiger partial charge in [0.05, 0.1) is 18.9 Å². The van der Waals surface area contributed by atoms with Gasteiger partial charge in [-0.2, -0.15) is 10.5 Å². The van der Waals surface area contributed by atoms with Crippen molar-refractivity contribution in [3.05, 3.63) is 118 Å². The van der Waals surface area contributed by atoms with E-state index in [1.807, 2.05) is 6.92 Å². The van der Waals surface area contributed by atoms with Gasteiger partial charge in [-0.15, -0.1) is 12.1 Å². The van der Waals surface area contributed by atoms with Crippen LogP contribution >= 0.6 is 0 Å². The van der Waals surface area contributed by atoms with E-state index in [1.54, 1.807) is 0 Å². The molecule has 4 nitrogen and oxygen atoms in total. The molecule has 17 heteroatoms. The molecule has 0 saturated heterocycles. The van der Waals surface area contributed by atoms with Gasteiger partial charge in [0.1, 0.15) is 11.5 Å². The molecule has 0 spiro atoms. The average Bonchev–Trinajstić information content (AvgIpc) is 3.18. The molecule has 0 amide bonds. The molecule has 0 aromatic heterocycles. The molecule has 0 aliphatic heterocycles. The van der Waals surface area contributed by atoms with Crippen molar-refractivity contribution in [1.82, 2.24) is 0 Å². The number of rotatable bonds is 22. The van der Waals surface area contributed by atoms with Crippen molar-refractivity contribution >= 4 is 13.0 Å². The average molecular weight is 838 g/mol. The minimum atomic E-state index is -2.31. The van der Waals surface area contributed by atoms with Crippen LogP contribution < -0.4 is 18.9 Å². The second-order valence-electron chi connectivity index (χ2n) is 13.4. The van der Waals surface area contributed by atoms with E-state index in [2.05, 4.69) is 13.0 Å². The Morgan fingerprint density at radius 2 is 0.810 bits per heavy atom. The van der Waals surface area contributed by atoms with Crippen LogP contribution in [0.1, 0.15) is 97.3 Å². The summed E-state index contributed by atoms with van der Waals surface area (Å²) in [6.45, 7) is 4.63. The Balaban J connectivity index is 0.000000878. The zero-order valence-corrected chi connectivity index (χ0v) is 32.0. The van der Waals surface area contributed by atoms with Crippen LogP contribution in [0.4, 0.5) is 58.4 Å². The maximum absolute atomic E-state index is 15.6. The fourth-order valence-electron chi connectivity index (χ4n) is 5.79. The van der Waals surface area contributed by atoms with E-state index >= 15 is 4.39 Å². The van der Waals surface area contributed by atoms with Crippen molar-refractivity contribution in [3.63, 3.8) is 0 Å². The molecule has 1 N–H and O–H groups in total. The van der Waals surface area contributed by atoms with Crippen LogP contribution in [0.25, 0.3) is 0 Å². The Labute approximate surface area is 330 Å². The van der Waals surface area contributed by atoms with Gasteiger partial charge in [-0.25, -0.2) is 39.5 Å². The summed E-state index contributed by atoms with van der Waals surface area (Å²) < 4.78 is 180. The Hall–Kier alpha value is -4.54. The van der Waals surface area contributed by atoms with Crippen LogP contribution in [-0.2, 0) is 0 Å². The maximum atomic E-state index is 15.6. The maximum Gasteiger partial charge on any atom is 0.864 e. The summed E-state index contributed by atoms with van der Waals surface area (Å²) >= 11 is 0. The van der Waals surface area contributed by atoms with Crippen molar-refractivity contribution in [2.75, 3.05) is 13.1 Å². The first kappa shape index (κ1) is 47.8. The molecule has 0 aliphatic rings. The second kappa shape index (κ2) is 24.4. The standard InChI is InChI=1S/C35H41BF9NO3.C6H2F3/c1-3-5-7-8-9-10-11-12-13-14-15-17-46(16-6-4-2)35-30(22-29(41)33(44)34(35)45)49-36(47-23-18-25(37)31(42)26(38)19-23)48-24-20-27(39)32(43)28(40)21-24;7-4-2-1-3-5(8)6(4)9/h18-22H,3-17H2,1-2H3;2-3H/q;-1/p+1. The van der Waals surface area contributed by atoms with Gasteiger partial charge in [0.25, 0.3) is 0 Å². The normalized spacial score (nSPS) is 11.6. The lowest BCUT2D eigenvalue weighted by atomic mass is 10.1. The van der Waals surface area contributed by atoms with E-state index in [0.29, 0.717) is 61.0 Å². The highest BCUT2D eigenvalue weighted by molar-refractivity contribution is 6.39. The molecule has 0 radical (unpaired) electrons. The fourth-order valence-corrected chi connectivity index (χ4v) is 5.79. The summed E-state index contributed by atoms with van der Waals surface area (Å²) in [5, 5.41) is 0. The molecule has 4 rings (SSSR count). The lowest BCUT2D eigenvalue weighted by Crippen LogP contribution is -3.07. The third kappa shape index (κ3) is 14.7. The number of unbranched alkanes of at least 4 members (excludes halogenated alkanes) is 11. The van der Waals surface area contributed by atoms with Crippen LogP contribution in [0, 0.1) is 75.9 Å². The van der Waals surface area contributed by atoms with Gasteiger partial charge in [-0.3, -0.25) is 13.7 Å². The van der Waals surface area contributed by atoms with E-state index in [1.165, 1.54) is 32.1 Å². The van der Waals surface area contributed by atoms with Gasteiger partial charge in [0.2, 0.25) is 17.3 Å². The fraction of sp³-hybridized carbons (Fsp3) is 0.415. The number of halogens is 12. The Morgan fingerprint density at radius 3 is 1.24 bits per heavy atom. The van der Waals surface area contributed by atoms with Crippen molar-refractivity contribution in [2.24, 2.45) is 0 Å². The second-order valence-corrected chi connectivity index (χ2v) is 13.4. The number of benzene rings is 4. The van der Waals surface area contributed by atoms with Crippen molar-refractivity contribution < 1.29 is 71.5 Å². The van der Waals surface area contributed by atoms with Crippen LogP contribution in [0.5, 0.6) is 17.2 Å². The first-order valence-electron chi connectivity index (χ1n) is 19.0. The molecule has 0 heterocycles. The van der Waals surface area contributed by atoms with E-state index in [-0.39, 0.29) is 6.54 Å². The van der Waals surface area contributed by atoms with E-state index < -0.39 is 100 Å². The van der Waals surface area contributed by atoms with E-state index in [4.69, 9.17) is 14.0 Å². The summed E-state index contributed by atoms with van der Waals surface area (Å²) in [6, 6.07) is 5.62. The lowest BCUT2D eigenvalue weighted by molar-refractivity contribution is -0.834. The summed E-state index contributed by atoms with van der Waals surface area (Å²) in [4.78, 5) is 0.390. The SMILES string of the molecule is CCCCCCCCCCCCC[NH+](CCCC)c1c(OB(Oc2cc(F)c(F)c(F)c2)Oc2cc(F)c(F)c(F)c2)cc(F)c(F)c1F.Fc1c[c-]cc(F)c1F. The van der Waals surface area contributed by atoms with Gasteiger partial charge in [-0.05, 0) is 19.3 Å². The minimum absolute atomic E-state index is 0.280. The Kier molecular flexibility index (Phi) is 20.1. The van der Waals surface area contributed by atoms with Gasteiger partial charge < -0.3 is 14.0 Å². The first-order chi connectivity index (χ1) is 27.7. The smallest absolute Gasteiger partial charge is 0.489 e. The summed E-state index contributed by atoms with van der Waals surface area (Å²) in [7, 11) is -2.31. The molecule has 1 atom stereocenters. The Bertz CT molecular complexity index is 1780. The largest absolute Gasteiger partial charge is 0.864 e. The molecule has 0 bridgehead atoms. The van der Waals surface area contributed by atoms with E-state index in [9.17, 15) is 48.3 Å². The quantitative estimate of drug-likeness (QED) is 0.0281. The third-order valence-corrected chi connectivity index (χ3v) is 8.84. The van der Waals surface area contributed by atoms with Gasteiger partial charge in [0.15, 0.2) is 46.5 Å². The monoisotopic (exact) mass is 837 g/mol. The molecule has 0 saturated carbocycles. The summed E-state index contributed by atoms with van der Waals surface area (Å²) in [6.07, 6.45) is 12.9. The van der Waals surface area contributed by atoms with Crippen LogP contribution in [0.15, 0.2) is 42.5 Å². The molecule has 4 aromatic rings. The van der Waals surface area contributed by atoms with Crippen LogP contribution in [0.2, 0.25) is 0 Å². The lowest BCUT2D eigenvalue weighted by Gasteiger charge is -2.24. The topological polar surface area (TPSA) is 32.1 Å². The molecule has 0 aliphatic carbocycles. The predicted molar refractivity (Wildman–Crippen MR) is 193 cm³/mol. The first-order valence-corrected chi connectivity index (χ1v) is 19.0. The number of hydrogen-bond acceptors (Lipinski definition) is 3. The highest BCUT2D eigenvalue weighted by atomic mass is 19.2. The molecular weight excluding hydrogens is 793 g/mol. The van der Waals surface area contributed by atoms with E-state index in [0.717, 1.165) is 44.2 Å². The third-order valence-electron chi connectivity index (χ3n) is 8.84. The predicted octanol–water partition coefficient (Wildman–Crippen LogP) is 12.0.